The summed E-state index contributed by atoms with van der Waals surface area (Å²) in [5.41, 5.74) is 0. The Labute approximate surface area is 124 Å². The molecule has 1 atom stereocenters. The van der Waals surface area contributed by atoms with Crippen LogP contribution in [0.5, 0.6) is 0 Å². The Morgan fingerprint density at radius 3 is 2.63 bits per heavy atom. The molecule has 0 spiro atoms. The second-order valence-electron chi connectivity index (χ2n) is 4.41. The Kier molecular flexibility index (Phi) is 6.59. The predicted octanol–water partition coefficient (Wildman–Crippen LogP) is 2.40. The smallest absolute Gasteiger partial charge is 0.255 e. The number of nitrogens with one attached hydrogen (secondary N) is 1. The number of aryl methyl sites for hydroxylation is 1. The van der Waals surface area contributed by atoms with Crippen LogP contribution in [0, 0.1) is 5.92 Å². The van der Waals surface area contributed by atoms with Gasteiger partial charge in [0.05, 0.1) is 11.2 Å². The second kappa shape index (κ2) is 7.47. The second-order valence-corrected chi connectivity index (χ2v) is 6.87. The van der Waals surface area contributed by atoms with Crippen molar-refractivity contribution in [1.82, 2.24) is 14.5 Å². The van der Waals surface area contributed by atoms with Gasteiger partial charge in [0.25, 0.3) is 10.0 Å². The third kappa shape index (κ3) is 4.63. The van der Waals surface area contributed by atoms with Gasteiger partial charge >= 0.3 is 0 Å². The molecule has 0 radical (unpaired) electrons. The Bertz CT molecular complexity index is 477. The molecule has 0 aliphatic carbocycles. The molecule has 0 aliphatic heterocycles. The van der Waals surface area contributed by atoms with E-state index in [0.29, 0.717) is 12.4 Å². The molecule has 1 aromatic rings. The van der Waals surface area contributed by atoms with E-state index in [4.69, 9.17) is 23.2 Å². The molecule has 19 heavy (non-hydrogen) atoms. The van der Waals surface area contributed by atoms with Gasteiger partial charge in [0.15, 0.2) is 5.03 Å². The van der Waals surface area contributed by atoms with Gasteiger partial charge in [0.2, 0.25) is 0 Å². The number of alkyl halides is 1. The Morgan fingerprint density at radius 1 is 1.47 bits per heavy atom. The molecule has 0 bridgehead atoms. The zero-order valence-electron chi connectivity index (χ0n) is 11.1. The van der Waals surface area contributed by atoms with Crippen LogP contribution in [0.3, 0.4) is 0 Å². The van der Waals surface area contributed by atoms with Gasteiger partial charge in [-0.25, -0.2) is 13.1 Å². The molecule has 0 aliphatic rings. The molecule has 0 aromatic carbocycles. The average molecular weight is 328 g/mol. The summed E-state index contributed by atoms with van der Waals surface area (Å²) in [5, 5.41) is 3.95. The topological polar surface area (TPSA) is 64.0 Å². The summed E-state index contributed by atoms with van der Waals surface area (Å²) in [6.07, 6.45) is 4.04. The maximum atomic E-state index is 12.2. The van der Waals surface area contributed by atoms with Crippen molar-refractivity contribution in [3.05, 3.63) is 11.2 Å². The molecule has 0 saturated carbocycles. The summed E-state index contributed by atoms with van der Waals surface area (Å²) in [4.78, 5) is 0. The lowest BCUT2D eigenvalue weighted by Crippen LogP contribution is -2.31. The molecule has 5 nitrogen and oxygen atoms in total. The third-order valence-electron chi connectivity index (χ3n) is 2.87. The van der Waals surface area contributed by atoms with Crippen molar-refractivity contribution in [3.63, 3.8) is 0 Å². The van der Waals surface area contributed by atoms with Crippen molar-refractivity contribution in [1.29, 1.82) is 0 Å². The van der Waals surface area contributed by atoms with Crippen molar-refractivity contribution in [2.45, 2.75) is 31.2 Å². The lowest BCUT2D eigenvalue weighted by atomic mass is 10.0. The molecule has 8 heteroatoms. The summed E-state index contributed by atoms with van der Waals surface area (Å²) in [7, 11) is -2.09. The fraction of sp³-hybridized carbons (Fsp3) is 0.727. The monoisotopic (exact) mass is 327 g/mol. The lowest BCUT2D eigenvalue weighted by molar-refractivity contribution is 0.455. The van der Waals surface area contributed by atoms with Crippen LogP contribution < -0.4 is 4.72 Å². The van der Waals surface area contributed by atoms with Gasteiger partial charge in [-0.3, -0.25) is 4.68 Å². The third-order valence-corrected chi connectivity index (χ3v) is 5.02. The van der Waals surface area contributed by atoms with Crippen LogP contribution in [0.25, 0.3) is 0 Å². The zero-order valence-corrected chi connectivity index (χ0v) is 13.4. The molecule has 1 unspecified atom stereocenters. The van der Waals surface area contributed by atoms with Crippen LogP contribution in [0.2, 0.25) is 5.02 Å². The maximum Gasteiger partial charge on any atom is 0.259 e. The van der Waals surface area contributed by atoms with Crippen LogP contribution in [-0.4, -0.2) is 30.6 Å². The first-order valence-electron chi connectivity index (χ1n) is 6.15. The molecule has 0 amide bonds. The van der Waals surface area contributed by atoms with Crippen molar-refractivity contribution in [2.75, 3.05) is 12.4 Å². The molecular weight excluding hydrogens is 309 g/mol. The number of hydrogen-bond donors (Lipinski definition) is 1. The number of hydrogen-bond acceptors (Lipinski definition) is 3. The fourth-order valence-electron chi connectivity index (χ4n) is 1.91. The summed E-state index contributed by atoms with van der Waals surface area (Å²) >= 11 is 11.6. The average Bonchev–Trinajstić information content (AvgIpc) is 2.67. The van der Waals surface area contributed by atoms with Crippen LogP contribution in [0.4, 0.5) is 0 Å². The summed E-state index contributed by atoms with van der Waals surface area (Å²) < 4.78 is 28.1. The molecule has 1 rings (SSSR count). The van der Waals surface area contributed by atoms with Gasteiger partial charge in [-0.05, 0) is 18.8 Å². The predicted molar refractivity (Wildman–Crippen MR) is 77.1 cm³/mol. The number of halogens is 2. The fourth-order valence-corrected chi connectivity index (χ4v) is 3.98. The maximum absolute atomic E-state index is 12.2. The number of sulfonamides is 1. The minimum Gasteiger partial charge on any atom is -0.255 e. The van der Waals surface area contributed by atoms with E-state index in [0.717, 1.165) is 19.3 Å². The van der Waals surface area contributed by atoms with Crippen LogP contribution in [-0.2, 0) is 17.1 Å². The van der Waals surface area contributed by atoms with Gasteiger partial charge in [0.1, 0.15) is 0 Å². The first-order chi connectivity index (χ1) is 8.92. The van der Waals surface area contributed by atoms with E-state index in [-0.39, 0.29) is 16.0 Å². The normalized spacial score (nSPS) is 13.7. The van der Waals surface area contributed by atoms with Crippen molar-refractivity contribution < 1.29 is 8.42 Å². The zero-order chi connectivity index (χ0) is 14.5. The quantitative estimate of drug-likeness (QED) is 0.745. The first-order valence-corrected chi connectivity index (χ1v) is 8.55. The van der Waals surface area contributed by atoms with E-state index in [1.54, 1.807) is 7.05 Å². The number of nitrogens with zero attached hydrogens (tertiary/aromatic N) is 2. The lowest BCUT2D eigenvalue weighted by Gasteiger charge is -2.15. The van der Waals surface area contributed by atoms with Gasteiger partial charge in [-0.15, -0.1) is 11.6 Å². The summed E-state index contributed by atoms with van der Waals surface area (Å²) in [5.74, 6) is 0.767. The van der Waals surface area contributed by atoms with Crippen LogP contribution in [0.1, 0.15) is 26.2 Å². The van der Waals surface area contributed by atoms with E-state index < -0.39 is 10.0 Å². The SMILES string of the molecule is CCCC(CCCl)CNS(=O)(=O)c1c(Cl)cnn1C. The highest BCUT2D eigenvalue weighted by molar-refractivity contribution is 7.89. The molecule has 110 valence electrons. The number of rotatable bonds is 8. The van der Waals surface area contributed by atoms with E-state index in [2.05, 4.69) is 16.7 Å². The highest BCUT2D eigenvalue weighted by Gasteiger charge is 2.23. The minimum absolute atomic E-state index is 0.00436. The largest absolute Gasteiger partial charge is 0.259 e. The van der Waals surface area contributed by atoms with Crippen LogP contribution in [0.15, 0.2) is 11.2 Å². The minimum atomic E-state index is -3.63. The summed E-state index contributed by atoms with van der Waals surface area (Å²) in [6, 6.07) is 0. The molecule has 0 saturated heterocycles. The first kappa shape index (κ1) is 16.8. The van der Waals surface area contributed by atoms with Gasteiger partial charge in [0, 0.05) is 19.5 Å². The Hall–Kier alpha value is -0.300. The van der Waals surface area contributed by atoms with Crippen LogP contribution >= 0.6 is 23.2 Å². The highest BCUT2D eigenvalue weighted by Crippen LogP contribution is 2.20. The molecule has 1 heterocycles. The standard InChI is InChI=1S/C11H19Cl2N3O2S/c1-3-4-9(5-6-12)7-15-19(17,18)11-10(13)8-14-16(11)2/h8-9,15H,3-7H2,1-2H3. The van der Waals surface area contributed by atoms with E-state index >= 15 is 0 Å². The van der Waals surface area contributed by atoms with E-state index in [9.17, 15) is 8.42 Å². The van der Waals surface area contributed by atoms with E-state index in [1.807, 2.05) is 0 Å². The van der Waals surface area contributed by atoms with Gasteiger partial charge in [-0.1, -0.05) is 24.9 Å². The van der Waals surface area contributed by atoms with Gasteiger partial charge < -0.3 is 0 Å². The molecule has 1 aromatic heterocycles. The molecule has 0 fully saturated rings. The highest BCUT2D eigenvalue weighted by atomic mass is 35.5. The van der Waals surface area contributed by atoms with Crippen molar-refractivity contribution >= 4 is 33.2 Å². The van der Waals surface area contributed by atoms with E-state index in [1.165, 1.54) is 10.9 Å². The van der Waals surface area contributed by atoms with Crippen molar-refractivity contribution in [3.8, 4) is 0 Å². The number of aromatic nitrogens is 2. The van der Waals surface area contributed by atoms with Crippen molar-refractivity contribution in [2.24, 2.45) is 13.0 Å². The Balaban J connectivity index is 2.75. The molecule has 1 N–H and O–H groups in total. The Morgan fingerprint density at radius 2 is 2.16 bits per heavy atom. The van der Waals surface area contributed by atoms with Gasteiger partial charge in [-0.2, -0.15) is 5.10 Å². The summed E-state index contributed by atoms with van der Waals surface area (Å²) in [6.45, 7) is 2.43. The molecular formula is C11H19Cl2N3O2S.